The van der Waals surface area contributed by atoms with E-state index in [1.54, 1.807) is 0 Å². The van der Waals surface area contributed by atoms with Crippen LogP contribution >= 0.6 is 0 Å². The van der Waals surface area contributed by atoms with Gasteiger partial charge in [0.15, 0.2) is 5.60 Å². The summed E-state index contributed by atoms with van der Waals surface area (Å²) in [6.07, 6.45) is -4.79. The Morgan fingerprint density at radius 2 is 1.78 bits per heavy atom. The second kappa shape index (κ2) is 3.84. The van der Waals surface area contributed by atoms with E-state index in [0.29, 0.717) is 19.3 Å². The lowest BCUT2D eigenvalue weighted by atomic mass is 9.70. The average Bonchev–Trinajstić information content (AvgIpc) is 2.62. The quantitative estimate of drug-likeness (QED) is 0.757. The van der Waals surface area contributed by atoms with Crippen LogP contribution in [-0.2, 0) is 0 Å². The Morgan fingerprint density at radius 3 is 2.17 bits per heavy atom. The monoisotopic (exact) mass is 268 g/mol. The topological polar surface area (TPSA) is 20.2 Å². The van der Waals surface area contributed by atoms with Gasteiger partial charge in [0.25, 0.3) is 0 Å². The molecule has 1 nitrogen and oxygen atoms in total. The van der Waals surface area contributed by atoms with Crippen molar-refractivity contribution in [1.29, 1.82) is 0 Å². The first-order valence-electron chi connectivity index (χ1n) is 6.46. The lowest BCUT2D eigenvalue weighted by Gasteiger charge is -2.41. The molecule has 18 heavy (non-hydrogen) atoms. The van der Waals surface area contributed by atoms with Crippen molar-refractivity contribution in [1.82, 2.24) is 0 Å². The Labute approximate surface area is 105 Å². The summed E-state index contributed by atoms with van der Waals surface area (Å²) in [7, 11) is 0. The lowest BCUT2D eigenvalue weighted by Crippen LogP contribution is -2.50. The van der Waals surface area contributed by atoms with Crippen LogP contribution in [0.25, 0.3) is 0 Å². The van der Waals surface area contributed by atoms with Crippen LogP contribution in [0.15, 0.2) is 0 Å². The number of halogens is 4. The van der Waals surface area contributed by atoms with Gasteiger partial charge in [0.05, 0.1) is 0 Å². The molecule has 0 aromatic carbocycles. The molecule has 106 valence electrons. The van der Waals surface area contributed by atoms with Crippen molar-refractivity contribution in [2.75, 3.05) is 0 Å². The van der Waals surface area contributed by atoms with Crippen molar-refractivity contribution in [2.24, 2.45) is 23.7 Å². The third kappa shape index (κ3) is 1.95. The Morgan fingerprint density at radius 1 is 1.22 bits per heavy atom. The highest BCUT2D eigenvalue weighted by atomic mass is 19.4. The molecule has 1 N–H and O–H groups in total. The van der Waals surface area contributed by atoms with Gasteiger partial charge in [-0.1, -0.05) is 13.8 Å². The van der Waals surface area contributed by atoms with Crippen molar-refractivity contribution in [3.8, 4) is 0 Å². The first kappa shape index (κ1) is 14.1. The molecule has 5 heteroatoms. The van der Waals surface area contributed by atoms with E-state index in [1.807, 2.05) is 13.8 Å². The van der Waals surface area contributed by atoms with Crippen LogP contribution in [0, 0.1) is 23.7 Å². The zero-order chi connectivity index (χ0) is 13.9. The number of hydrogen-bond acceptors (Lipinski definition) is 1. The molecule has 0 aromatic heterocycles. The summed E-state index contributed by atoms with van der Waals surface area (Å²) in [5, 5.41) is 9.49. The second-order valence-corrected chi connectivity index (χ2v) is 6.51. The third-order valence-corrected chi connectivity index (χ3v) is 5.28. The molecule has 2 saturated carbocycles. The average molecular weight is 268 g/mol. The normalized spacial score (nSPS) is 47.3. The molecule has 0 radical (unpaired) electrons. The van der Waals surface area contributed by atoms with Crippen LogP contribution in [-0.4, -0.2) is 22.6 Å². The van der Waals surface area contributed by atoms with Crippen LogP contribution in [0.5, 0.6) is 0 Å². The van der Waals surface area contributed by atoms with E-state index in [4.69, 9.17) is 0 Å². The lowest BCUT2D eigenvalue weighted by molar-refractivity contribution is -0.267. The molecule has 0 saturated heterocycles. The first-order chi connectivity index (χ1) is 7.98. The molecule has 2 aliphatic rings. The van der Waals surface area contributed by atoms with Crippen molar-refractivity contribution >= 4 is 0 Å². The van der Waals surface area contributed by atoms with Crippen LogP contribution in [0.4, 0.5) is 17.6 Å². The summed E-state index contributed by atoms with van der Waals surface area (Å²) >= 11 is 0. The molecule has 6 atom stereocenters. The van der Waals surface area contributed by atoms with Crippen molar-refractivity contribution in [3.63, 3.8) is 0 Å². The van der Waals surface area contributed by atoms with E-state index in [0.717, 1.165) is 0 Å². The van der Waals surface area contributed by atoms with Crippen molar-refractivity contribution in [3.05, 3.63) is 0 Å². The molecular weight excluding hydrogens is 248 g/mol. The smallest absolute Gasteiger partial charge is 0.381 e. The Kier molecular flexibility index (Phi) is 3.01. The van der Waals surface area contributed by atoms with E-state index in [9.17, 15) is 22.7 Å². The molecule has 0 spiro atoms. The van der Waals surface area contributed by atoms with Gasteiger partial charge in [-0.05, 0) is 43.4 Å². The molecule has 2 bridgehead atoms. The second-order valence-electron chi connectivity index (χ2n) is 6.51. The van der Waals surface area contributed by atoms with Gasteiger partial charge in [-0.15, -0.1) is 0 Å². The Bertz CT molecular complexity index is 336. The molecule has 2 aliphatic carbocycles. The molecule has 0 amide bonds. The molecule has 0 heterocycles. The summed E-state index contributed by atoms with van der Waals surface area (Å²) in [6, 6.07) is 0. The molecule has 2 fully saturated rings. The molecular formula is C13H20F4O. The van der Waals surface area contributed by atoms with Gasteiger partial charge in [0.2, 0.25) is 0 Å². The minimum atomic E-state index is -4.78. The number of aliphatic hydroxyl groups is 1. The van der Waals surface area contributed by atoms with E-state index in [2.05, 4.69) is 0 Å². The zero-order valence-electron chi connectivity index (χ0n) is 10.9. The van der Waals surface area contributed by atoms with Gasteiger partial charge < -0.3 is 5.11 Å². The maximum Gasteiger partial charge on any atom is 0.417 e. The van der Waals surface area contributed by atoms with Gasteiger partial charge in [-0.25, -0.2) is 4.39 Å². The summed E-state index contributed by atoms with van der Waals surface area (Å²) < 4.78 is 52.8. The van der Waals surface area contributed by atoms with E-state index in [-0.39, 0.29) is 24.2 Å². The van der Waals surface area contributed by atoms with Gasteiger partial charge in [-0.3, -0.25) is 0 Å². The molecule has 0 aliphatic heterocycles. The van der Waals surface area contributed by atoms with Gasteiger partial charge in [0, 0.05) is 6.42 Å². The SMILES string of the molecule is CC1C2CC(C1C)C(F)(CC(C)(O)C(F)(F)F)C2. The Hall–Kier alpha value is -0.320. The highest BCUT2D eigenvalue weighted by Crippen LogP contribution is 2.61. The van der Waals surface area contributed by atoms with E-state index in [1.165, 1.54) is 0 Å². The fourth-order valence-electron chi connectivity index (χ4n) is 3.97. The summed E-state index contributed by atoms with van der Waals surface area (Å²) in [5.74, 6) is 0.290. The van der Waals surface area contributed by atoms with Crippen LogP contribution < -0.4 is 0 Å². The van der Waals surface area contributed by atoms with E-state index >= 15 is 0 Å². The molecule has 2 rings (SSSR count). The number of fused-ring (bicyclic) bond motifs is 2. The van der Waals surface area contributed by atoms with Crippen LogP contribution in [0.2, 0.25) is 0 Å². The van der Waals surface area contributed by atoms with Crippen molar-refractivity contribution in [2.45, 2.75) is 57.5 Å². The van der Waals surface area contributed by atoms with Crippen molar-refractivity contribution < 1.29 is 22.7 Å². The zero-order valence-corrected chi connectivity index (χ0v) is 10.9. The van der Waals surface area contributed by atoms with E-state index < -0.39 is 23.9 Å². The predicted octanol–water partition coefficient (Wildman–Crippen LogP) is 3.71. The Balaban J connectivity index is 2.16. The maximum absolute atomic E-state index is 14.8. The fourth-order valence-corrected chi connectivity index (χ4v) is 3.97. The van der Waals surface area contributed by atoms with Gasteiger partial charge in [-0.2, -0.15) is 13.2 Å². The van der Waals surface area contributed by atoms with Crippen LogP contribution in [0.3, 0.4) is 0 Å². The summed E-state index contributed by atoms with van der Waals surface area (Å²) in [5.41, 5.74) is -4.80. The standard InChI is InChI=1S/C13H20F4O/c1-7-8(2)10-4-9(7)5-12(10,14)6-11(3,18)13(15,16)17/h7-10,18H,4-6H2,1-3H3. The largest absolute Gasteiger partial charge is 0.417 e. The summed E-state index contributed by atoms with van der Waals surface area (Å²) in [6.45, 7) is 4.62. The summed E-state index contributed by atoms with van der Waals surface area (Å²) in [4.78, 5) is 0. The van der Waals surface area contributed by atoms with Crippen LogP contribution in [0.1, 0.15) is 40.0 Å². The highest BCUT2D eigenvalue weighted by Gasteiger charge is 2.63. The molecule has 0 aromatic rings. The highest BCUT2D eigenvalue weighted by molar-refractivity contribution is 5.09. The first-order valence-corrected chi connectivity index (χ1v) is 6.46. The number of hydrogen-bond donors (Lipinski definition) is 1. The predicted molar refractivity (Wildman–Crippen MR) is 59.7 cm³/mol. The third-order valence-electron chi connectivity index (χ3n) is 5.28. The van der Waals surface area contributed by atoms with Gasteiger partial charge >= 0.3 is 6.18 Å². The minimum Gasteiger partial charge on any atom is -0.381 e. The maximum atomic E-state index is 14.8. The number of alkyl halides is 4. The fraction of sp³-hybridized carbons (Fsp3) is 1.00. The van der Waals surface area contributed by atoms with Gasteiger partial charge in [0.1, 0.15) is 5.67 Å². The molecule has 6 unspecified atom stereocenters. The minimum absolute atomic E-state index is 0.0952. The number of rotatable bonds is 2.